The molecule has 8 heteroatoms. The van der Waals surface area contributed by atoms with Gasteiger partial charge < -0.3 is 5.11 Å². The van der Waals surface area contributed by atoms with E-state index in [1.807, 2.05) is 4.98 Å². The zero-order valence-corrected chi connectivity index (χ0v) is 12.0. The number of aromatic nitrogens is 2. The first-order valence-corrected chi connectivity index (χ1v) is 7.66. The van der Waals surface area contributed by atoms with Crippen molar-refractivity contribution in [1.29, 1.82) is 0 Å². The predicted octanol–water partition coefficient (Wildman–Crippen LogP) is 1.93. The molecule has 6 nitrogen and oxygen atoms in total. The highest BCUT2D eigenvalue weighted by molar-refractivity contribution is 7.90. The molecule has 0 saturated carbocycles. The molecule has 0 aliphatic carbocycles. The largest absolute Gasteiger partial charge is 0.493 e. The van der Waals surface area contributed by atoms with Gasteiger partial charge in [-0.3, -0.25) is 4.98 Å². The van der Waals surface area contributed by atoms with Crippen molar-refractivity contribution in [3.63, 3.8) is 0 Å². The maximum Gasteiger partial charge on any atom is 0.342 e. The Balaban J connectivity index is 2.24. The third-order valence-corrected chi connectivity index (χ3v) is 5.00. The van der Waals surface area contributed by atoms with Gasteiger partial charge in [-0.1, -0.05) is 29.8 Å². The molecule has 0 aliphatic rings. The number of nitrogens with one attached hydrogen (secondary N) is 1. The average molecular weight is 325 g/mol. The van der Waals surface area contributed by atoms with Crippen molar-refractivity contribution in [1.82, 2.24) is 8.96 Å². The summed E-state index contributed by atoms with van der Waals surface area (Å²) in [4.78, 5) is 13.4. The quantitative estimate of drug-likeness (QED) is 0.753. The normalized spacial score (nSPS) is 11.9. The topological polar surface area (TPSA) is 92.2 Å². The van der Waals surface area contributed by atoms with Crippen LogP contribution in [-0.2, 0) is 10.0 Å². The maximum absolute atomic E-state index is 12.4. The molecule has 2 N–H and O–H groups in total. The van der Waals surface area contributed by atoms with Crippen LogP contribution in [0.25, 0.3) is 10.8 Å². The SMILES string of the molecule is O=c1[nH]c(O)cn1S(=O)(=O)c1ccc2c(Cl)cccc2c1. The van der Waals surface area contributed by atoms with Gasteiger partial charge in [0, 0.05) is 10.4 Å². The van der Waals surface area contributed by atoms with Gasteiger partial charge >= 0.3 is 5.69 Å². The van der Waals surface area contributed by atoms with E-state index in [9.17, 15) is 18.3 Å². The lowest BCUT2D eigenvalue weighted by atomic mass is 10.1. The fourth-order valence-corrected chi connectivity index (χ4v) is 3.53. The molecule has 0 radical (unpaired) electrons. The van der Waals surface area contributed by atoms with Gasteiger partial charge in [0.05, 0.1) is 11.1 Å². The maximum atomic E-state index is 12.4. The van der Waals surface area contributed by atoms with E-state index in [0.29, 0.717) is 19.8 Å². The van der Waals surface area contributed by atoms with Crippen molar-refractivity contribution in [2.75, 3.05) is 0 Å². The molecular weight excluding hydrogens is 316 g/mol. The Labute approximate surface area is 124 Å². The molecule has 0 spiro atoms. The molecular formula is C13H9ClN2O4S. The molecule has 0 saturated heterocycles. The Morgan fingerprint density at radius 1 is 1.19 bits per heavy atom. The summed E-state index contributed by atoms with van der Waals surface area (Å²) in [5, 5.41) is 11.0. The summed E-state index contributed by atoms with van der Waals surface area (Å²) in [6.07, 6.45) is 0.819. The van der Waals surface area contributed by atoms with Crippen molar-refractivity contribution in [3.8, 4) is 5.88 Å². The minimum absolute atomic E-state index is 0.0710. The average Bonchev–Trinajstić information content (AvgIpc) is 2.78. The second-order valence-corrected chi connectivity index (χ2v) is 6.59. The van der Waals surface area contributed by atoms with Crippen LogP contribution < -0.4 is 5.69 Å². The van der Waals surface area contributed by atoms with Crippen LogP contribution in [-0.4, -0.2) is 22.5 Å². The minimum atomic E-state index is -4.08. The lowest BCUT2D eigenvalue weighted by Crippen LogP contribution is -2.24. The summed E-state index contributed by atoms with van der Waals surface area (Å²) in [5.74, 6) is -0.521. The zero-order chi connectivity index (χ0) is 15.2. The van der Waals surface area contributed by atoms with Crippen molar-refractivity contribution < 1.29 is 13.5 Å². The first-order chi connectivity index (χ1) is 9.89. The molecule has 1 aromatic heterocycles. The van der Waals surface area contributed by atoms with E-state index >= 15 is 0 Å². The fraction of sp³-hybridized carbons (Fsp3) is 0. The van der Waals surface area contributed by atoms with Crippen molar-refractivity contribution in [3.05, 3.63) is 58.1 Å². The molecule has 0 fully saturated rings. The number of benzene rings is 2. The van der Waals surface area contributed by atoms with Gasteiger partial charge in [-0.2, -0.15) is 3.97 Å². The van der Waals surface area contributed by atoms with Crippen LogP contribution in [0.3, 0.4) is 0 Å². The molecule has 0 bridgehead atoms. The number of aromatic hydroxyl groups is 1. The Kier molecular flexibility index (Phi) is 3.03. The predicted molar refractivity (Wildman–Crippen MR) is 78.3 cm³/mol. The van der Waals surface area contributed by atoms with Crippen LogP contribution in [0.1, 0.15) is 0 Å². The van der Waals surface area contributed by atoms with E-state index in [1.54, 1.807) is 24.3 Å². The van der Waals surface area contributed by atoms with Gasteiger partial charge in [-0.25, -0.2) is 13.2 Å². The number of hydrogen-bond donors (Lipinski definition) is 2. The molecule has 0 aliphatic heterocycles. The van der Waals surface area contributed by atoms with Gasteiger partial charge in [0.25, 0.3) is 10.0 Å². The Morgan fingerprint density at radius 2 is 1.95 bits per heavy atom. The first-order valence-electron chi connectivity index (χ1n) is 5.84. The smallest absolute Gasteiger partial charge is 0.342 e. The molecule has 2 aromatic carbocycles. The van der Waals surface area contributed by atoms with E-state index in [1.165, 1.54) is 12.1 Å². The molecule has 1 heterocycles. The molecule has 0 unspecified atom stereocenters. The van der Waals surface area contributed by atoms with Gasteiger partial charge in [-0.05, 0) is 23.6 Å². The number of imidazole rings is 1. The van der Waals surface area contributed by atoms with E-state index in [-0.39, 0.29) is 4.90 Å². The first kappa shape index (κ1) is 13.7. The summed E-state index contributed by atoms with van der Waals surface area (Å²) in [7, 11) is -4.08. The third-order valence-electron chi connectivity index (χ3n) is 3.03. The highest BCUT2D eigenvalue weighted by atomic mass is 35.5. The van der Waals surface area contributed by atoms with Crippen LogP contribution in [0.4, 0.5) is 0 Å². The molecule has 21 heavy (non-hydrogen) atoms. The Bertz CT molecular complexity index is 1000. The van der Waals surface area contributed by atoms with Crippen molar-refractivity contribution in [2.24, 2.45) is 0 Å². The summed E-state index contributed by atoms with van der Waals surface area (Å²) in [5.41, 5.74) is -0.932. The number of H-pyrrole nitrogens is 1. The van der Waals surface area contributed by atoms with E-state index < -0.39 is 21.6 Å². The zero-order valence-electron chi connectivity index (χ0n) is 10.4. The standard InChI is InChI=1S/C13H9ClN2O4S/c14-11-3-1-2-8-6-9(4-5-10(8)11)21(19,20)16-7-12(17)15-13(16)18/h1-7,17H,(H,15,18). The van der Waals surface area contributed by atoms with Crippen LogP contribution >= 0.6 is 11.6 Å². The number of fused-ring (bicyclic) bond motifs is 1. The van der Waals surface area contributed by atoms with Gasteiger partial charge in [0.1, 0.15) is 0 Å². The second-order valence-electron chi connectivity index (χ2n) is 4.37. The minimum Gasteiger partial charge on any atom is -0.493 e. The van der Waals surface area contributed by atoms with Crippen LogP contribution in [0, 0.1) is 0 Å². The summed E-state index contributed by atoms with van der Waals surface area (Å²) < 4.78 is 25.2. The van der Waals surface area contributed by atoms with E-state index in [4.69, 9.17) is 11.6 Å². The number of nitrogens with zero attached hydrogens (tertiary/aromatic N) is 1. The van der Waals surface area contributed by atoms with Gasteiger partial charge in [0.15, 0.2) is 0 Å². The molecule has 0 atom stereocenters. The molecule has 3 rings (SSSR count). The lowest BCUT2D eigenvalue weighted by Gasteiger charge is -2.06. The Morgan fingerprint density at radius 3 is 2.62 bits per heavy atom. The van der Waals surface area contributed by atoms with Crippen molar-refractivity contribution in [2.45, 2.75) is 4.90 Å². The van der Waals surface area contributed by atoms with Crippen molar-refractivity contribution >= 4 is 32.4 Å². The Hall–Kier alpha value is -2.25. The fourth-order valence-electron chi connectivity index (χ4n) is 2.04. The van der Waals surface area contributed by atoms with Gasteiger partial charge in [0.2, 0.25) is 5.88 Å². The summed E-state index contributed by atoms with van der Waals surface area (Å²) >= 11 is 6.03. The second kappa shape index (κ2) is 4.64. The number of rotatable bonds is 2. The van der Waals surface area contributed by atoms with Crippen LogP contribution in [0.15, 0.2) is 52.3 Å². The monoisotopic (exact) mass is 324 g/mol. The number of aromatic amines is 1. The molecule has 3 aromatic rings. The molecule has 0 amide bonds. The lowest BCUT2D eigenvalue weighted by molar-refractivity contribution is 0.455. The summed E-state index contributed by atoms with van der Waals surface area (Å²) in [6.45, 7) is 0. The third kappa shape index (κ3) is 2.20. The molecule has 108 valence electrons. The van der Waals surface area contributed by atoms with Crippen LogP contribution in [0.2, 0.25) is 5.02 Å². The number of halogens is 1. The van der Waals surface area contributed by atoms with Gasteiger partial charge in [-0.15, -0.1) is 0 Å². The summed E-state index contributed by atoms with van der Waals surface area (Å²) in [6, 6.07) is 9.48. The van der Waals surface area contributed by atoms with Crippen LogP contribution in [0.5, 0.6) is 5.88 Å². The highest BCUT2D eigenvalue weighted by Gasteiger charge is 2.20. The van der Waals surface area contributed by atoms with E-state index in [0.717, 1.165) is 6.20 Å². The number of hydrogen-bond acceptors (Lipinski definition) is 4. The van der Waals surface area contributed by atoms with E-state index in [2.05, 4.69) is 0 Å². The highest BCUT2D eigenvalue weighted by Crippen LogP contribution is 2.26.